The van der Waals surface area contributed by atoms with Gasteiger partial charge in [0, 0.05) is 29.7 Å². The highest BCUT2D eigenvalue weighted by atomic mass is 17.1. The Morgan fingerprint density at radius 2 is 1.82 bits per heavy atom. The molecule has 1 amide bonds. The summed E-state index contributed by atoms with van der Waals surface area (Å²) in [6.45, 7) is 23.5. The third kappa shape index (κ3) is 8.54. The van der Waals surface area contributed by atoms with E-state index in [4.69, 9.17) is 19.3 Å². The minimum atomic E-state index is -0.403. The zero-order chi connectivity index (χ0) is 30.5. The molecule has 1 fully saturated rings. The third-order valence-electron chi connectivity index (χ3n) is 7.09. The molecule has 0 radical (unpaired) electrons. The van der Waals surface area contributed by atoms with E-state index in [1.54, 1.807) is 27.9 Å². The lowest BCUT2D eigenvalue weighted by Gasteiger charge is -2.39. The normalized spacial score (nSPS) is 21.4. The van der Waals surface area contributed by atoms with E-state index >= 15 is 0 Å². The fourth-order valence-electron chi connectivity index (χ4n) is 5.66. The van der Waals surface area contributed by atoms with Crippen molar-refractivity contribution in [1.29, 1.82) is 0 Å². The molecule has 8 heteroatoms. The summed E-state index contributed by atoms with van der Waals surface area (Å²) in [5, 5.41) is 12.3. The van der Waals surface area contributed by atoms with Crippen LogP contribution in [0.3, 0.4) is 0 Å². The summed E-state index contributed by atoms with van der Waals surface area (Å²) in [7, 11) is 1.66. The van der Waals surface area contributed by atoms with Crippen molar-refractivity contribution in [2.75, 3.05) is 20.3 Å². The summed E-state index contributed by atoms with van der Waals surface area (Å²) in [6.07, 6.45) is 1.75. The highest BCUT2D eigenvalue weighted by Gasteiger charge is 2.52. The monoisotopic (exact) mass is 560 g/mol. The summed E-state index contributed by atoms with van der Waals surface area (Å²) in [6, 6.07) is 7.58. The van der Waals surface area contributed by atoms with Crippen molar-refractivity contribution < 1.29 is 28.9 Å². The molecule has 0 bridgehead atoms. The van der Waals surface area contributed by atoms with Gasteiger partial charge in [-0.1, -0.05) is 45.8 Å². The topological polar surface area (TPSA) is 94.3 Å². The van der Waals surface area contributed by atoms with Crippen molar-refractivity contribution in [3.63, 3.8) is 0 Å². The van der Waals surface area contributed by atoms with E-state index in [1.165, 1.54) is 0 Å². The number of likely N-dealkylation sites (tertiary alicyclic amines) is 1. The number of benzene rings is 1. The van der Waals surface area contributed by atoms with Gasteiger partial charge in [0.25, 0.3) is 5.91 Å². The molecule has 226 valence electrons. The molecule has 1 aromatic heterocycles. The number of hydrogen-bond acceptors (Lipinski definition) is 7. The van der Waals surface area contributed by atoms with Gasteiger partial charge in [-0.2, -0.15) is 0 Å². The molecule has 1 N–H and O–H groups in total. The Balaban J connectivity index is 0.000000840. The molecule has 0 unspecified atom stereocenters. The number of amides is 1. The standard InChI is InChI=1S/C28H42N2O4.C4H10O2/c1-10-33-17-21-16-28(8,15-18(2)3)30(25(21)23-13-19(4)34-29-23)26(31)20-11-12-22(27(5,6)7)24(14-20)32-9;1-4(2,3)6-5/h11-14,18,21,25H,10,15-17H2,1-9H3;5H,1-3H3/t21-,25-,28+;/m1./s1. The van der Waals surface area contributed by atoms with Crippen LogP contribution in [0, 0.1) is 18.8 Å². The maximum absolute atomic E-state index is 14.3. The highest BCUT2D eigenvalue weighted by molar-refractivity contribution is 5.96. The number of aryl methyl sites for hydroxylation is 1. The van der Waals surface area contributed by atoms with Crippen LogP contribution in [-0.2, 0) is 15.0 Å². The molecule has 1 aliphatic rings. The van der Waals surface area contributed by atoms with Crippen LogP contribution in [0.25, 0.3) is 0 Å². The molecule has 2 heterocycles. The smallest absolute Gasteiger partial charge is 0.255 e. The van der Waals surface area contributed by atoms with Crippen molar-refractivity contribution in [2.45, 2.75) is 112 Å². The van der Waals surface area contributed by atoms with Crippen molar-refractivity contribution in [3.8, 4) is 5.75 Å². The molecular formula is C32H52N2O6. The predicted octanol–water partition coefficient (Wildman–Crippen LogP) is 7.61. The number of rotatable bonds is 8. The zero-order valence-corrected chi connectivity index (χ0v) is 26.8. The van der Waals surface area contributed by atoms with Gasteiger partial charge >= 0.3 is 0 Å². The second kappa shape index (κ2) is 13.5. The Kier molecular flexibility index (Phi) is 11.4. The number of carbonyl (C=O) groups is 1. The first-order chi connectivity index (χ1) is 18.5. The second-order valence-corrected chi connectivity index (χ2v) is 13.6. The lowest BCUT2D eigenvalue weighted by molar-refractivity contribution is -0.306. The Morgan fingerprint density at radius 1 is 1.20 bits per heavy atom. The van der Waals surface area contributed by atoms with Gasteiger partial charge in [0.2, 0.25) is 0 Å². The van der Waals surface area contributed by atoms with Crippen LogP contribution < -0.4 is 4.74 Å². The van der Waals surface area contributed by atoms with Gasteiger partial charge in [-0.05, 0) is 83.4 Å². The van der Waals surface area contributed by atoms with E-state index in [9.17, 15) is 4.79 Å². The molecule has 0 spiro atoms. The van der Waals surface area contributed by atoms with Crippen molar-refractivity contribution in [1.82, 2.24) is 10.1 Å². The fraction of sp³-hybridized carbons (Fsp3) is 0.688. The maximum Gasteiger partial charge on any atom is 0.255 e. The van der Waals surface area contributed by atoms with E-state index in [-0.39, 0.29) is 28.8 Å². The molecule has 1 saturated heterocycles. The SMILES string of the molecule is CC(C)(C)OO.CCOC[C@H]1C[C@](C)(CC(C)C)N(C(=O)c2ccc(C(C)(C)C)c(OC)c2)[C@H]1c1cc(C)on1. The van der Waals surface area contributed by atoms with Gasteiger partial charge in [-0.25, -0.2) is 4.89 Å². The lowest BCUT2D eigenvalue weighted by Crippen LogP contribution is -2.47. The summed E-state index contributed by atoms with van der Waals surface area (Å²) in [5.41, 5.74) is 1.68. The van der Waals surface area contributed by atoms with Gasteiger partial charge in [0.15, 0.2) is 0 Å². The molecule has 0 saturated carbocycles. The van der Waals surface area contributed by atoms with Crippen molar-refractivity contribution in [3.05, 3.63) is 46.8 Å². The van der Waals surface area contributed by atoms with Crippen LogP contribution in [0.5, 0.6) is 5.75 Å². The van der Waals surface area contributed by atoms with Crippen LogP contribution in [0.15, 0.2) is 28.8 Å². The number of aromatic nitrogens is 1. The molecular weight excluding hydrogens is 508 g/mol. The number of ether oxygens (including phenoxy) is 2. The molecule has 1 aliphatic heterocycles. The molecule has 0 aliphatic carbocycles. The summed E-state index contributed by atoms with van der Waals surface area (Å²) in [4.78, 5) is 20.2. The number of methoxy groups -OCH3 is 1. The van der Waals surface area contributed by atoms with Gasteiger partial charge in [0.05, 0.1) is 25.4 Å². The van der Waals surface area contributed by atoms with Gasteiger partial charge in [0.1, 0.15) is 17.2 Å². The highest BCUT2D eigenvalue weighted by Crippen LogP contribution is 2.50. The van der Waals surface area contributed by atoms with Gasteiger partial charge in [-0.15, -0.1) is 0 Å². The van der Waals surface area contributed by atoms with Crippen LogP contribution in [-0.4, -0.2) is 52.7 Å². The Labute approximate surface area is 241 Å². The van der Waals surface area contributed by atoms with Crippen LogP contribution >= 0.6 is 0 Å². The number of nitrogens with zero attached hydrogens (tertiary/aromatic N) is 2. The van der Waals surface area contributed by atoms with E-state index in [1.807, 2.05) is 38.1 Å². The summed E-state index contributed by atoms with van der Waals surface area (Å²) >= 11 is 0. The van der Waals surface area contributed by atoms with Crippen LogP contribution in [0.1, 0.15) is 115 Å². The molecule has 2 aromatic rings. The second-order valence-electron chi connectivity index (χ2n) is 13.6. The number of carbonyl (C=O) groups excluding carboxylic acids is 1. The van der Waals surface area contributed by atoms with Gasteiger partial charge in [-0.3, -0.25) is 10.1 Å². The largest absolute Gasteiger partial charge is 0.496 e. The van der Waals surface area contributed by atoms with Gasteiger partial charge < -0.3 is 18.9 Å². The molecule has 1 aromatic carbocycles. The first-order valence-corrected chi connectivity index (χ1v) is 14.3. The molecule has 8 nitrogen and oxygen atoms in total. The van der Waals surface area contributed by atoms with E-state index in [0.717, 1.165) is 35.6 Å². The average Bonchev–Trinajstić information content (AvgIpc) is 3.40. The Morgan fingerprint density at radius 3 is 2.27 bits per heavy atom. The quantitative estimate of drug-likeness (QED) is 0.262. The Hall–Kier alpha value is -2.42. The van der Waals surface area contributed by atoms with Crippen LogP contribution in [0.4, 0.5) is 0 Å². The Bertz CT molecular complexity index is 1100. The fourth-order valence-corrected chi connectivity index (χ4v) is 5.66. The van der Waals surface area contributed by atoms with E-state index in [0.29, 0.717) is 24.7 Å². The van der Waals surface area contributed by atoms with Crippen LogP contribution in [0.2, 0.25) is 0 Å². The van der Waals surface area contributed by atoms with E-state index < -0.39 is 5.60 Å². The summed E-state index contributed by atoms with van der Waals surface area (Å²) in [5.74, 6) is 2.04. The molecule has 3 atom stereocenters. The maximum atomic E-state index is 14.3. The predicted molar refractivity (Wildman–Crippen MR) is 158 cm³/mol. The zero-order valence-electron chi connectivity index (χ0n) is 26.8. The average molecular weight is 561 g/mol. The minimum Gasteiger partial charge on any atom is -0.496 e. The molecule has 3 rings (SSSR count). The van der Waals surface area contributed by atoms with Crippen molar-refractivity contribution in [2.24, 2.45) is 11.8 Å². The lowest BCUT2D eigenvalue weighted by atomic mass is 9.84. The summed E-state index contributed by atoms with van der Waals surface area (Å²) < 4.78 is 17.0. The van der Waals surface area contributed by atoms with E-state index in [2.05, 4.69) is 56.5 Å². The first-order valence-electron chi connectivity index (χ1n) is 14.3. The molecule has 40 heavy (non-hydrogen) atoms. The first kappa shape index (κ1) is 33.8. The third-order valence-corrected chi connectivity index (χ3v) is 7.09. The minimum absolute atomic E-state index is 0.00781. The number of hydrogen-bond donors (Lipinski definition) is 1. The van der Waals surface area contributed by atoms with Crippen molar-refractivity contribution >= 4 is 5.91 Å².